The summed E-state index contributed by atoms with van der Waals surface area (Å²) in [5.41, 5.74) is 6.50. The molecule has 4 rings (SSSR count). The first kappa shape index (κ1) is 20.9. The number of aromatic nitrogens is 4. The Balaban J connectivity index is 1.53. The molecule has 0 aliphatic carbocycles. The fourth-order valence-electron chi connectivity index (χ4n) is 3.41. The van der Waals surface area contributed by atoms with E-state index in [4.69, 9.17) is 15.2 Å². The Morgan fingerprint density at radius 3 is 2.81 bits per heavy atom. The molecule has 1 saturated heterocycles. The predicted octanol–water partition coefficient (Wildman–Crippen LogP) is 3.65. The summed E-state index contributed by atoms with van der Waals surface area (Å²) in [5.74, 6) is -0.180. The van der Waals surface area contributed by atoms with Crippen molar-refractivity contribution in [3.05, 3.63) is 59.7 Å². The number of hydrogen-bond acceptors (Lipinski definition) is 6. The molecule has 4 heterocycles. The molecular weight excluding hydrogens is 408 g/mol. The molecule has 1 unspecified atom stereocenters. The summed E-state index contributed by atoms with van der Waals surface area (Å²) in [6.45, 7) is 0.737. The van der Waals surface area contributed by atoms with Crippen molar-refractivity contribution in [1.29, 1.82) is 0 Å². The van der Waals surface area contributed by atoms with Gasteiger partial charge in [-0.2, -0.15) is 5.10 Å². The second-order valence-corrected chi connectivity index (χ2v) is 7.10. The Bertz CT molecular complexity index is 1050. The SMILES string of the molecule is NC(=O)c1cc(COc2ccc(-c3c(C(F)F)cnn3C3CCCCO3)nc2)ccn1. The van der Waals surface area contributed by atoms with Crippen LogP contribution in [-0.2, 0) is 11.3 Å². The second kappa shape index (κ2) is 9.17. The number of nitrogens with two attached hydrogens (primary N) is 1. The van der Waals surface area contributed by atoms with Crippen molar-refractivity contribution in [3.8, 4) is 17.1 Å². The Morgan fingerprint density at radius 1 is 1.26 bits per heavy atom. The molecule has 31 heavy (non-hydrogen) atoms. The monoisotopic (exact) mass is 429 g/mol. The molecule has 0 radical (unpaired) electrons. The van der Waals surface area contributed by atoms with Gasteiger partial charge < -0.3 is 15.2 Å². The Labute approximate surface area is 177 Å². The molecule has 1 atom stereocenters. The van der Waals surface area contributed by atoms with Crippen LogP contribution in [0.25, 0.3) is 11.4 Å². The van der Waals surface area contributed by atoms with Gasteiger partial charge in [0.1, 0.15) is 18.1 Å². The highest BCUT2D eigenvalue weighted by Crippen LogP contribution is 2.35. The summed E-state index contributed by atoms with van der Waals surface area (Å²) < 4.78 is 40.1. The van der Waals surface area contributed by atoms with Crippen LogP contribution in [0.15, 0.2) is 42.9 Å². The van der Waals surface area contributed by atoms with E-state index in [0.717, 1.165) is 12.8 Å². The lowest BCUT2D eigenvalue weighted by Gasteiger charge is -2.24. The van der Waals surface area contributed by atoms with E-state index in [-0.39, 0.29) is 29.8 Å². The third-order valence-corrected chi connectivity index (χ3v) is 4.95. The highest BCUT2D eigenvalue weighted by atomic mass is 19.3. The Morgan fingerprint density at radius 2 is 2.13 bits per heavy atom. The van der Waals surface area contributed by atoms with Gasteiger partial charge in [-0.15, -0.1) is 0 Å². The van der Waals surface area contributed by atoms with Gasteiger partial charge in [-0.25, -0.2) is 13.5 Å². The van der Waals surface area contributed by atoms with Crippen LogP contribution < -0.4 is 10.5 Å². The number of rotatable bonds is 7. The molecule has 8 nitrogen and oxygen atoms in total. The molecule has 0 bridgehead atoms. The lowest BCUT2D eigenvalue weighted by molar-refractivity contribution is -0.0385. The van der Waals surface area contributed by atoms with Crippen LogP contribution in [-0.4, -0.2) is 32.3 Å². The number of carbonyl (C=O) groups excluding carboxylic acids is 1. The first-order valence-corrected chi connectivity index (χ1v) is 9.84. The molecule has 0 aromatic carbocycles. The van der Waals surface area contributed by atoms with Gasteiger partial charge in [0.25, 0.3) is 12.3 Å². The number of nitrogens with zero attached hydrogens (tertiary/aromatic N) is 4. The molecule has 2 N–H and O–H groups in total. The van der Waals surface area contributed by atoms with Gasteiger partial charge in [-0.1, -0.05) is 0 Å². The van der Waals surface area contributed by atoms with Gasteiger partial charge in [-0.3, -0.25) is 14.8 Å². The maximum absolute atomic E-state index is 13.6. The Hall–Kier alpha value is -3.40. The largest absolute Gasteiger partial charge is 0.487 e. The highest BCUT2D eigenvalue weighted by Gasteiger charge is 2.26. The van der Waals surface area contributed by atoms with Gasteiger partial charge in [0.15, 0.2) is 6.23 Å². The third-order valence-electron chi connectivity index (χ3n) is 4.95. The minimum absolute atomic E-state index is 0.146. The average molecular weight is 429 g/mol. The van der Waals surface area contributed by atoms with Crippen molar-refractivity contribution in [1.82, 2.24) is 19.7 Å². The lowest BCUT2D eigenvalue weighted by atomic mass is 10.1. The van der Waals surface area contributed by atoms with E-state index in [1.807, 2.05) is 0 Å². The topological polar surface area (TPSA) is 105 Å². The first-order chi connectivity index (χ1) is 15.0. The molecular formula is C21H21F2N5O3. The van der Waals surface area contributed by atoms with Gasteiger partial charge in [-0.05, 0) is 49.1 Å². The molecule has 3 aromatic heterocycles. The average Bonchev–Trinajstić information content (AvgIpc) is 3.24. The number of pyridine rings is 2. The summed E-state index contributed by atoms with van der Waals surface area (Å²) >= 11 is 0. The van der Waals surface area contributed by atoms with Gasteiger partial charge >= 0.3 is 0 Å². The number of hydrogen-bond donors (Lipinski definition) is 1. The van der Waals surface area contributed by atoms with Gasteiger partial charge in [0.05, 0.1) is 29.3 Å². The van der Waals surface area contributed by atoms with E-state index in [0.29, 0.717) is 30.0 Å². The van der Waals surface area contributed by atoms with Crippen molar-refractivity contribution in [2.24, 2.45) is 5.73 Å². The first-order valence-electron chi connectivity index (χ1n) is 9.84. The minimum atomic E-state index is -2.68. The van der Waals surface area contributed by atoms with E-state index >= 15 is 0 Å². The zero-order valence-corrected chi connectivity index (χ0v) is 16.6. The van der Waals surface area contributed by atoms with Crippen LogP contribution in [0.3, 0.4) is 0 Å². The fourth-order valence-corrected chi connectivity index (χ4v) is 3.41. The van der Waals surface area contributed by atoms with Crippen LogP contribution in [0.2, 0.25) is 0 Å². The van der Waals surface area contributed by atoms with E-state index < -0.39 is 12.3 Å². The second-order valence-electron chi connectivity index (χ2n) is 7.10. The van der Waals surface area contributed by atoms with Crippen molar-refractivity contribution in [2.45, 2.75) is 38.5 Å². The van der Waals surface area contributed by atoms with Crippen LogP contribution in [0, 0.1) is 0 Å². The smallest absolute Gasteiger partial charge is 0.267 e. The summed E-state index contributed by atoms with van der Waals surface area (Å²) in [5, 5.41) is 4.16. The van der Waals surface area contributed by atoms with E-state index in [2.05, 4.69) is 15.1 Å². The molecule has 1 amide bonds. The van der Waals surface area contributed by atoms with Crippen molar-refractivity contribution in [2.75, 3.05) is 6.61 Å². The van der Waals surface area contributed by atoms with Crippen LogP contribution in [0.4, 0.5) is 8.78 Å². The Kier molecular flexibility index (Phi) is 6.17. The maximum Gasteiger partial charge on any atom is 0.267 e. The number of primary amides is 1. The number of amides is 1. The van der Waals surface area contributed by atoms with E-state index in [1.54, 1.807) is 24.3 Å². The zero-order chi connectivity index (χ0) is 21.8. The van der Waals surface area contributed by atoms with Crippen LogP contribution in [0.5, 0.6) is 5.75 Å². The zero-order valence-electron chi connectivity index (χ0n) is 16.6. The summed E-state index contributed by atoms with van der Waals surface area (Å²) in [6, 6.07) is 6.50. The molecule has 3 aromatic rings. The summed E-state index contributed by atoms with van der Waals surface area (Å²) in [6.07, 6.45) is 3.62. The molecule has 0 saturated carbocycles. The predicted molar refractivity (Wildman–Crippen MR) is 106 cm³/mol. The number of carbonyl (C=O) groups is 1. The highest BCUT2D eigenvalue weighted by molar-refractivity contribution is 5.90. The lowest BCUT2D eigenvalue weighted by Crippen LogP contribution is -2.20. The summed E-state index contributed by atoms with van der Waals surface area (Å²) in [4.78, 5) is 19.4. The number of ether oxygens (including phenoxy) is 2. The van der Waals surface area contributed by atoms with Crippen LogP contribution in [0.1, 0.15) is 53.5 Å². The number of alkyl halides is 2. The molecule has 1 aliphatic heterocycles. The third kappa shape index (κ3) is 4.69. The van der Waals surface area contributed by atoms with Crippen LogP contribution >= 0.6 is 0 Å². The van der Waals surface area contributed by atoms with Crippen molar-refractivity contribution >= 4 is 5.91 Å². The van der Waals surface area contributed by atoms with Crippen molar-refractivity contribution in [3.63, 3.8) is 0 Å². The fraction of sp³-hybridized carbons (Fsp3) is 0.333. The molecule has 1 fully saturated rings. The quantitative estimate of drug-likeness (QED) is 0.615. The summed E-state index contributed by atoms with van der Waals surface area (Å²) in [7, 11) is 0. The van der Waals surface area contributed by atoms with E-state index in [1.165, 1.54) is 23.3 Å². The number of halogens is 2. The van der Waals surface area contributed by atoms with E-state index in [9.17, 15) is 13.6 Å². The normalized spacial score (nSPS) is 16.4. The maximum atomic E-state index is 13.6. The molecule has 10 heteroatoms. The standard InChI is InChI=1S/C21H21F2N5O3/c22-20(23)15-11-27-28(18-3-1-2-8-30-18)19(15)16-5-4-14(10-26-16)31-12-13-6-7-25-17(9-13)21(24)29/h4-7,9-11,18,20H,1-3,8,12H2,(H2,24,29). The van der Waals surface area contributed by atoms with Crippen molar-refractivity contribution < 1.29 is 23.0 Å². The molecule has 0 spiro atoms. The van der Waals surface area contributed by atoms with Gasteiger partial charge in [0.2, 0.25) is 0 Å². The minimum Gasteiger partial charge on any atom is -0.487 e. The molecule has 162 valence electrons. The molecule has 1 aliphatic rings. The van der Waals surface area contributed by atoms with Gasteiger partial charge in [0, 0.05) is 12.8 Å².